The van der Waals surface area contributed by atoms with Crippen molar-refractivity contribution in [2.75, 3.05) is 11.3 Å². The summed E-state index contributed by atoms with van der Waals surface area (Å²) >= 11 is 0. The molecule has 0 fully saturated rings. The van der Waals surface area contributed by atoms with E-state index < -0.39 is 10.0 Å². The topological polar surface area (TPSA) is 81.2 Å². The Labute approximate surface area is 111 Å². The lowest BCUT2D eigenvalue weighted by atomic mass is 10.4. The number of rotatable bonds is 5. The molecule has 1 N–H and O–H groups in total. The van der Waals surface area contributed by atoms with Crippen molar-refractivity contribution in [3.05, 3.63) is 42.7 Å². The zero-order chi connectivity index (χ0) is 13.7. The van der Waals surface area contributed by atoms with Gasteiger partial charge in [0.1, 0.15) is 0 Å². The number of benzene rings is 1. The summed E-state index contributed by atoms with van der Waals surface area (Å²) in [5, 5.41) is 0. The molecule has 6 nitrogen and oxygen atoms in total. The third-order valence-electron chi connectivity index (χ3n) is 2.22. The number of anilines is 1. The molecule has 7 heteroatoms. The molecule has 0 aliphatic carbocycles. The van der Waals surface area contributed by atoms with E-state index in [0.717, 1.165) is 0 Å². The largest absolute Gasteiger partial charge is 0.491 e. The number of nitrogens with zero attached hydrogens (tertiary/aromatic N) is 2. The van der Waals surface area contributed by atoms with Crippen molar-refractivity contribution >= 4 is 16.0 Å². The Morgan fingerprint density at radius 3 is 2.37 bits per heavy atom. The first-order valence-electron chi connectivity index (χ1n) is 5.64. The zero-order valence-electron chi connectivity index (χ0n) is 10.3. The Morgan fingerprint density at radius 2 is 1.79 bits per heavy atom. The fourth-order valence-electron chi connectivity index (χ4n) is 1.39. The van der Waals surface area contributed by atoms with Gasteiger partial charge in [0.05, 0.1) is 23.9 Å². The van der Waals surface area contributed by atoms with Gasteiger partial charge in [0, 0.05) is 0 Å². The molecule has 19 heavy (non-hydrogen) atoms. The predicted octanol–water partition coefficient (Wildman–Crippen LogP) is 1.68. The summed E-state index contributed by atoms with van der Waals surface area (Å²) < 4.78 is 31.5. The van der Waals surface area contributed by atoms with Crippen molar-refractivity contribution in [2.45, 2.75) is 11.8 Å². The van der Waals surface area contributed by atoms with E-state index in [1.54, 1.807) is 18.2 Å². The summed E-state index contributed by atoms with van der Waals surface area (Å²) in [6, 6.07) is 8.03. The summed E-state index contributed by atoms with van der Waals surface area (Å²) in [7, 11) is -3.65. The molecule has 1 aromatic heterocycles. The lowest BCUT2D eigenvalue weighted by Crippen LogP contribution is -2.14. The van der Waals surface area contributed by atoms with Gasteiger partial charge in [-0.2, -0.15) is 0 Å². The highest BCUT2D eigenvalue weighted by atomic mass is 32.2. The fraction of sp³-hybridized carbons (Fsp3) is 0.167. The minimum atomic E-state index is -3.65. The van der Waals surface area contributed by atoms with Crippen LogP contribution in [0.25, 0.3) is 0 Å². The molecule has 0 aliphatic heterocycles. The van der Waals surface area contributed by atoms with Crippen LogP contribution >= 0.6 is 0 Å². The normalized spacial score (nSPS) is 11.0. The highest BCUT2D eigenvalue weighted by Gasteiger charge is 2.14. The first-order chi connectivity index (χ1) is 9.12. The summed E-state index contributed by atoms with van der Waals surface area (Å²) in [5.41, 5.74) is 0. The van der Waals surface area contributed by atoms with E-state index in [1.807, 2.05) is 6.92 Å². The molecule has 0 saturated carbocycles. The second-order valence-electron chi connectivity index (χ2n) is 3.59. The van der Waals surface area contributed by atoms with Gasteiger partial charge >= 0.3 is 0 Å². The summed E-state index contributed by atoms with van der Waals surface area (Å²) in [6.07, 6.45) is 2.83. The maximum absolute atomic E-state index is 12.0. The maximum atomic E-state index is 12.0. The van der Waals surface area contributed by atoms with Gasteiger partial charge in [0.15, 0.2) is 5.75 Å². The van der Waals surface area contributed by atoms with Crippen LogP contribution in [0.2, 0.25) is 0 Å². The SMILES string of the molecule is CCOc1cnc(NS(=O)(=O)c2ccccc2)nc1. The maximum Gasteiger partial charge on any atom is 0.264 e. The standard InChI is InChI=1S/C12H13N3O3S/c1-2-18-10-8-13-12(14-9-10)15-19(16,17)11-6-4-3-5-7-11/h3-9H,2H2,1H3,(H,13,14,15). The molecule has 0 amide bonds. The molecule has 2 rings (SSSR count). The first kappa shape index (κ1) is 13.3. The number of hydrogen-bond acceptors (Lipinski definition) is 5. The van der Waals surface area contributed by atoms with Gasteiger partial charge in [-0.25, -0.2) is 23.1 Å². The molecular weight excluding hydrogens is 266 g/mol. The third-order valence-corrected chi connectivity index (χ3v) is 3.56. The van der Waals surface area contributed by atoms with E-state index in [2.05, 4.69) is 14.7 Å². The monoisotopic (exact) mass is 279 g/mol. The van der Waals surface area contributed by atoms with Crippen LogP contribution in [-0.4, -0.2) is 25.0 Å². The van der Waals surface area contributed by atoms with Gasteiger partial charge < -0.3 is 4.74 Å². The number of ether oxygens (including phenoxy) is 1. The molecular formula is C12H13N3O3S. The van der Waals surface area contributed by atoms with Crippen LogP contribution in [0, 0.1) is 0 Å². The van der Waals surface area contributed by atoms with Gasteiger partial charge in [-0.1, -0.05) is 18.2 Å². The average Bonchev–Trinajstić information content (AvgIpc) is 2.42. The smallest absolute Gasteiger partial charge is 0.264 e. The van der Waals surface area contributed by atoms with Crippen LogP contribution in [0.4, 0.5) is 5.95 Å². The predicted molar refractivity (Wildman–Crippen MR) is 70.5 cm³/mol. The lowest BCUT2D eigenvalue weighted by molar-refractivity contribution is 0.337. The second-order valence-corrected chi connectivity index (χ2v) is 5.28. The van der Waals surface area contributed by atoms with Crippen molar-refractivity contribution in [3.63, 3.8) is 0 Å². The molecule has 0 saturated heterocycles. The minimum Gasteiger partial charge on any atom is -0.491 e. The molecule has 0 bridgehead atoms. The van der Waals surface area contributed by atoms with Crippen LogP contribution in [0.5, 0.6) is 5.75 Å². The van der Waals surface area contributed by atoms with Crippen molar-refractivity contribution in [2.24, 2.45) is 0 Å². The molecule has 0 unspecified atom stereocenters. The van der Waals surface area contributed by atoms with Crippen molar-refractivity contribution in [3.8, 4) is 5.75 Å². The van der Waals surface area contributed by atoms with Gasteiger partial charge in [-0.05, 0) is 19.1 Å². The average molecular weight is 279 g/mol. The Hall–Kier alpha value is -2.15. The van der Waals surface area contributed by atoms with Gasteiger partial charge in [-0.3, -0.25) is 0 Å². The fourth-order valence-corrected chi connectivity index (χ4v) is 2.37. The quantitative estimate of drug-likeness (QED) is 0.900. The Balaban J connectivity index is 2.17. The van der Waals surface area contributed by atoms with E-state index in [9.17, 15) is 8.42 Å². The lowest BCUT2D eigenvalue weighted by Gasteiger charge is -2.07. The van der Waals surface area contributed by atoms with Crippen LogP contribution in [0.15, 0.2) is 47.6 Å². The molecule has 0 aliphatic rings. The molecule has 100 valence electrons. The molecule has 1 heterocycles. The first-order valence-corrected chi connectivity index (χ1v) is 7.13. The Morgan fingerprint density at radius 1 is 1.16 bits per heavy atom. The number of nitrogens with one attached hydrogen (secondary N) is 1. The number of aromatic nitrogens is 2. The van der Waals surface area contributed by atoms with E-state index in [-0.39, 0.29) is 10.8 Å². The van der Waals surface area contributed by atoms with E-state index in [0.29, 0.717) is 12.4 Å². The van der Waals surface area contributed by atoms with Crippen LogP contribution < -0.4 is 9.46 Å². The van der Waals surface area contributed by atoms with Crippen LogP contribution in [0.1, 0.15) is 6.92 Å². The van der Waals surface area contributed by atoms with Gasteiger partial charge in [0.2, 0.25) is 5.95 Å². The van der Waals surface area contributed by atoms with E-state index in [1.165, 1.54) is 24.5 Å². The second kappa shape index (κ2) is 5.66. The van der Waals surface area contributed by atoms with Gasteiger partial charge in [-0.15, -0.1) is 0 Å². The molecule has 0 spiro atoms. The Kier molecular flexibility index (Phi) is 3.96. The zero-order valence-corrected chi connectivity index (χ0v) is 11.1. The van der Waals surface area contributed by atoms with E-state index >= 15 is 0 Å². The molecule has 2 aromatic rings. The summed E-state index contributed by atoms with van der Waals surface area (Å²) in [4.78, 5) is 7.92. The third kappa shape index (κ3) is 3.41. The Bertz CT molecular complexity index is 627. The molecule has 1 aromatic carbocycles. The van der Waals surface area contributed by atoms with Crippen LogP contribution in [-0.2, 0) is 10.0 Å². The van der Waals surface area contributed by atoms with Crippen molar-refractivity contribution in [1.82, 2.24) is 9.97 Å². The molecule has 0 atom stereocenters. The summed E-state index contributed by atoms with van der Waals surface area (Å²) in [5.74, 6) is 0.498. The number of hydrogen-bond donors (Lipinski definition) is 1. The highest BCUT2D eigenvalue weighted by Crippen LogP contribution is 2.13. The van der Waals surface area contributed by atoms with Crippen molar-refractivity contribution in [1.29, 1.82) is 0 Å². The highest BCUT2D eigenvalue weighted by molar-refractivity contribution is 7.92. The van der Waals surface area contributed by atoms with Gasteiger partial charge in [0.25, 0.3) is 10.0 Å². The van der Waals surface area contributed by atoms with E-state index in [4.69, 9.17) is 4.74 Å². The number of sulfonamides is 1. The van der Waals surface area contributed by atoms with Crippen LogP contribution in [0.3, 0.4) is 0 Å². The minimum absolute atomic E-state index is 0.00676. The summed E-state index contributed by atoms with van der Waals surface area (Å²) in [6.45, 7) is 2.34. The molecule has 0 radical (unpaired) electrons. The van der Waals surface area contributed by atoms with Crippen molar-refractivity contribution < 1.29 is 13.2 Å².